The molecule has 0 amide bonds. The number of nitrogens with zero attached hydrogens (tertiary/aromatic N) is 1. The molecule has 0 radical (unpaired) electrons. The molecular weight excluding hydrogens is 310 g/mol. The number of nitrogen functional groups attached to an aromatic ring is 1. The van der Waals surface area contributed by atoms with Crippen molar-refractivity contribution >= 4 is 27.3 Å². The van der Waals surface area contributed by atoms with Crippen LogP contribution < -0.4 is 10.5 Å². The van der Waals surface area contributed by atoms with E-state index in [1.54, 1.807) is 13.0 Å². The average molecular weight is 332 g/mol. The molecule has 0 bridgehead atoms. The summed E-state index contributed by atoms with van der Waals surface area (Å²) in [5, 5.41) is 0.376. The lowest BCUT2D eigenvalue weighted by Crippen LogP contribution is -2.31. The number of hydrogen-bond donors (Lipinski definition) is 2. The van der Waals surface area contributed by atoms with E-state index >= 15 is 0 Å². The van der Waals surface area contributed by atoms with E-state index in [-0.39, 0.29) is 10.6 Å². The van der Waals surface area contributed by atoms with Crippen molar-refractivity contribution in [3.05, 3.63) is 22.7 Å². The number of nitrogens with two attached hydrogens (primary N) is 1. The van der Waals surface area contributed by atoms with Crippen molar-refractivity contribution in [2.45, 2.75) is 25.2 Å². The third-order valence-electron chi connectivity index (χ3n) is 3.96. The Morgan fingerprint density at radius 2 is 2.19 bits per heavy atom. The Morgan fingerprint density at radius 3 is 2.81 bits per heavy atom. The van der Waals surface area contributed by atoms with Gasteiger partial charge < -0.3 is 10.6 Å². The van der Waals surface area contributed by atoms with Gasteiger partial charge in [0.2, 0.25) is 10.0 Å². The van der Waals surface area contributed by atoms with Gasteiger partial charge in [0, 0.05) is 13.1 Å². The van der Waals surface area contributed by atoms with Gasteiger partial charge in [0.25, 0.3) is 0 Å². The fraction of sp³-hybridized carbons (Fsp3) is 0.571. The molecule has 0 saturated carbocycles. The normalized spacial score (nSPS) is 20.0. The lowest BCUT2D eigenvalue weighted by molar-refractivity contribution is 0.342. The molecule has 1 aliphatic rings. The summed E-state index contributed by atoms with van der Waals surface area (Å²) < 4.78 is 27.5. The minimum Gasteiger partial charge on any atom is -0.397 e. The standard InChI is InChI=1S/C14H22ClN3O2S/c1-3-18-5-4-11(9-18)8-17-21(19,20)14-7-13(16)12(15)6-10(14)2/h6-7,11,17H,3-5,8-9,16H2,1-2H3. The van der Waals surface area contributed by atoms with Crippen molar-refractivity contribution in [2.24, 2.45) is 5.92 Å². The monoisotopic (exact) mass is 331 g/mol. The van der Waals surface area contributed by atoms with Crippen LogP contribution in [0.2, 0.25) is 5.02 Å². The Balaban J connectivity index is 2.07. The molecule has 0 aromatic heterocycles. The predicted molar refractivity (Wildman–Crippen MR) is 86.0 cm³/mol. The van der Waals surface area contributed by atoms with E-state index < -0.39 is 10.0 Å². The molecular formula is C14H22ClN3O2S. The molecule has 1 aromatic carbocycles. The number of likely N-dealkylation sites (tertiary alicyclic amines) is 1. The summed E-state index contributed by atoms with van der Waals surface area (Å²) in [6.07, 6.45) is 1.03. The predicted octanol–water partition coefficient (Wildman–Crippen LogP) is 1.85. The number of hydrogen-bond acceptors (Lipinski definition) is 4. The highest BCUT2D eigenvalue weighted by Crippen LogP contribution is 2.26. The van der Waals surface area contributed by atoms with E-state index in [9.17, 15) is 8.42 Å². The maximum absolute atomic E-state index is 12.4. The van der Waals surface area contributed by atoms with Crippen LogP contribution in [-0.4, -0.2) is 39.5 Å². The molecule has 1 unspecified atom stereocenters. The Labute approximate surface area is 131 Å². The summed E-state index contributed by atoms with van der Waals surface area (Å²) in [6, 6.07) is 3.01. The van der Waals surface area contributed by atoms with Gasteiger partial charge in [-0.2, -0.15) is 0 Å². The van der Waals surface area contributed by atoms with Crippen LogP contribution in [0.4, 0.5) is 5.69 Å². The molecule has 5 nitrogen and oxygen atoms in total. The number of sulfonamides is 1. The van der Waals surface area contributed by atoms with Gasteiger partial charge in [0.15, 0.2) is 0 Å². The lowest BCUT2D eigenvalue weighted by atomic mass is 10.1. The van der Waals surface area contributed by atoms with Crippen molar-refractivity contribution < 1.29 is 8.42 Å². The first kappa shape index (κ1) is 16.5. The molecule has 21 heavy (non-hydrogen) atoms. The summed E-state index contributed by atoms with van der Waals surface area (Å²) in [4.78, 5) is 2.53. The zero-order valence-corrected chi connectivity index (χ0v) is 14.0. The van der Waals surface area contributed by atoms with E-state index in [0.717, 1.165) is 26.1 Å². The molecule has 118 valence electrons. The largest absolute Gasteiger partial charge is 0.397 e. The van der Waals surface area contributed by atoms with E-state index in [4.69, 9.17) is 17.3 Å². The van der Waals surface area contributed by atoms with E-state index in [2.05, 4.69) is 16.5 Å². The topological polar surface area (TPSA) is 75.4 Å². The highest BCUT2D eigenvalue weighted by molar-refractivity contribution is 7.89. The maximum Gasteiger partial charge on any atom is 0.240 e. The van der Waals surface area contributed by atoms with Gasteiger partial charge in [-0.25, -0.2) is 13.1 Å². The van der Waals surface area contributed by atoms with Gasteiger partial charge >= 0.3 is 0 Å². The number of halogens is 1. The van der Waals surface area contributed by atoms with Crippen LogP contribution in [0.1, 0.15) is 18.9 Å². The summed E-state index contributed by atoms with van der Waals surface area (Å²) in [5.41, 5.74) is 6.59. The first-order valence-corrected chi connectivity index (χ1v) is 8.97. The second-order valence-electron chi connectivity index (χ2n) is 5.54. The molecule has 3 N–H and O–H groups in total. The summed E-state index contributed by atoms with van der Waals surface area (Å²) in [6.45, 7) is 7.29. The summed E-state index contributed by atoms with van der Waals surface area (Å²) >= 11 is 5.90. The third kappa shape index (κ3) is 3.88. The van der Waals surface area contributed by atoms with Gasteiger partial charge in [0.1, 0.15) is 0 Å². The highest BCUT2D eigenvalue weighted by Gasteiger charge is 2.24. The van der Waals surface area contributed by atoms with Gasteiger partial charge in [-0.1, -0.05) is 18.5 Å². The molecule has 1 saturated heterocycles. The third-order valence-corrected chi connectivity index (χ3v) is 5.86. The molecule has 1 heterocycles. The average Bonchev–Trinajstić information content (AvgIpc) is 2.88. The van der Waals surface area contributed by atoms with Gasteiger partial charge in [-0.3, -0.25) is 0 Å². The van der Waals surface area contributed by atoms with Crippen LogP contribution in [0, 0.1) is 12.8 Å². The molecule has 0 aliphatic carbocycles. The fourth-order valence-electron chi connectivity index (χ4n) is 2.63. The number of nitrogens with one attached hydrogen (secondary N) is 1. The molecule has 1 fully saturated rings. The molecule has 1 atom stereocenters. The quantitative estimate of drug-likeness (QED) is 0.807. The number of anilines is 1. The van der Waals surface area contributed by atoms with Crippen LogP contribution in [0.15, 0.2) is 17.0 Å². The van der Waals surface area contributed by atoms with Gasteiger partial charge in [-0.05, 0) is 50.0 Å². The minimum absolute atomic E-state index is 0.203. The van der Waals surface area contributed by atoms with Crippen molar-refractivity contribution in [1.29, 1.82) is 0 Å². The highest BCUT2D eigenvalue weighted by atomic mass is 35.5. The Hall–Kier alpha value is -0.820. The van der Waals surface area contributed by atoms with Crippen molar-refractivity contribution in [3.8, 4) is 0 Å². The van der Waals surface area contributed by atoms with Crippen LogP contribution in [0.3, 0.4) is 0 Å². The van der Waals surface area contributed by atoms with Gasteiger partial charge in [0.05, 0.1) is 15.6 Å². The lowest BCUT2D eigenvalue weighted by Gasteiger charge is -2.15. The molecule has 1 aliphatic heterocycles. The first-order chi connectivity index (χ1) is 9.83. The molecule has 1 aromatic rings. The Bertz CT molecular complexity index is 619. The minimum atomic E-state index is -3.55. The van der Waals surface area contributed by atoms with Crippen molar-refractivity contribution in [1.82, 2.24) is 9.62 Å². The number of benzene rings is 1. The smallest absolute Gasteiger partial charge is 0.240 e. The van der Waals surface area contributed by atoms with Crippen LogP contribution in [-0.2, 0) is 10.0 Å². The van der Waals surface area contributed by atoms with Crippen molar-refractivity contribution in [3.63, 3.8) is 0 Å². The molecule has 7 heteroatoms. The fourth-order valence-corrected chi connectivity index (χ4v) is 4.22. The summed E-state index contributed by atoms with van der Waals surface area (Å²) in [5.74, 6) is 0.365. The van der Waals surface area contributed by atoms with Crippen LogP contribution in [0.25, 0.3) is 0 Å². The molecule has 0 spiro atoms. The van der Waals surface area contributed by atoms with E-state index in [1.807, 2.05) is 0 Å². The second kappa shape index (κ2) is 6.52. The van der Waals surface area contributed by atoms with Gasteiger partial charge in [-0.15, -0.1) is 0 Å². The van der Waals surface area contributed by atoms with E-state index in [0.29, 0.717) is 23.0 Å². The Kier molecular flexibility index (Phi) is 5.14. The zero-order chi connectivity index (χ0) is 15.6. The van der Waals surface area contributed by atoms with E-state index in [1.165, 1.54) is 6.07 Å². The second-order valence-corrected chi connectivity index (χ2v) is 7.68. The van der Waals surface area contributed by atoms with Crippen LogP contribution >= 0.6 is 11.6 Å². The maximum atomic E-state index is 12.4. The number of aryl methyl sites for hydroxylation is 1. The SMILES string of the molecule is CCN1CCC(CNS(=O)(=O)c2cc(N)c(Cl)cc2C)C1. The zero-order valence-electron chi connectivity index (χ0n) is 12.4. The first-order valence-electron chi connectivity index (χ1n) is 7.11. The summed E-state index contributed by atoms with van der Waals surface area (Å²) in [7, 11) is -3.55. The molecule has 2 rings (SSSR count). The number of rotatable bonds is 5. The van der Waals surface area contributed by atoms with Crippen molar-refractivity contribution in [2.75, 3.05) is 31.9 Å². The Morgan fingerprint density at radius 1 is 1.48 bits per heavy atom. The van der Waals surface area contributed by atoms with Crippen LogP contribution in [0.5, 0.6) is 0 Å².